The van der Waals surface area contributed by atoms with Gasteiger partial charge in [-0.25, -0.2) is 0 Å². The van der Waals surface area contributed by atoms with Gasteiger partial charge in [0.1, 0.15) is 5.92 Å². The predicted molar refractivity (Wildman–Crippen MR) is 89.5 cm³/mol. The third kappa shape index (κ3) is 3.51. The molecular formula is C20H33+. The Bertz CT molecular complexity index is 383. The summed E-state index contributed by atoms with van der Waals surface area (Å²) in [7, 11) is 0. The number of hydrogen-bond acceptors (Lipinski definition) is 0. The highest BCUT2D eigenvalue weighted by atomic mass is 14.6. The van der Waals surface area contributed by atoms with Crippen LogP contribution in [-0.2, 0) is 0 Å². The molecule has 20 heavy (non-hydrogen) atoms. The third-order valence-electron chi connectivity index (χ3n) is 5.85. The smallest absolute Gasteiger partial charge is 0.0856 e. The lowest BCUT2D eigenvalue weighted by atomic mass is 9.53. The Labute approximate surface area is 126 Å². The Hall–Kier alpha value is -0.650. The van der Waals surface area contributed by atoms with E-state index in [1.807, 2.05) is 0 Å². The second-order valence-corrected chi connectivity index (χ2v) is 7.87. The molecule has 0 aromatic rings. The van der Waals surface area contributed by atoms with Crippen LogP contribution < -0.4 is 0 Å². The summed E-state index contributed by atoms with van der Waals surface area (Å²) < 4.78 is 0. The van der Waals surface area contributed by atoms with Crippen LogP contribution in [0.4, 0.5) is 0 Å². The monoisotopic (exact) mass is 273 g/mol. The van der Waals surface area contributed by atoms with Gasteiger partial charge >= 0.3 is 0 Å². The normalized spacial score (nSPS) is 32.9. The van der Waals surface area contributed by atoms with Crippen molar-refractivity contribution in [3.05, 3.63) is 29.2 Å². The first-order valence-electron chi connectivity index (χ1n) is 8.54. The number of hydrogen-bond donors (Lipinski definition) is 0. The third-order valence-corrected chi connectivity index (χ3v) is 5.85. The van der Waals surface area contributed by atoms with Crippen LogP contribution in [0.2, 0.25) is 0 Å². The number of rotatable bonds is 6. The maximum Gasteiger partial charge on any atom is 0.104 e. The topological polar surface area (TPSA) is 0 Å². The van der Waals surface area contributed by atoms with Crippen LogP contribution >= 0.6 is 0 Å². The highest BCUT2D eigenvalue weighted by Gasteiger charge is 2.60. The van der Waals surface area contributed by atoms with Crippen LogP contribution in [0.25, 0.3) is 0 Å². The molecule has 0 radical (unpaired) electrons. The molecule has 2 saturated carbocycles. The van der Waals surface area contributed by atoms with Crippen molar-refractivity contribution in [3.63, 3.8) is 0 Å². The van der Waals surface area contributed by atoms with Gasteiger partial charge in [0.2, 0.25) is 0 Å². The maximum atomic E-state index is 2.54. The molecule has 0 spiro atoms. The fraction of sp³-hybridized carbons (Fsp3) is 0.750. The molecule has 0 bridgehead atoms. The van der Waals surface area contributed by atoms with Crippen molar-refractivity contribution in [2.45, 2.75) is 79.6 Å². The van der Waals surface area contributed by atoms with Crippen molar-refractivity contribution < 1.29 is 0 Å². The van der Waals surface area contributed by atoms with Crippen molar-refractivity contribution in [2.75, 3.05) is 0 Å². The van der Waals surface area contributed by atoms with Crippen LogP contribution in [0.1, 0.15) is 79.6 Å². The largest absolute Gasteiger partial charge is 0.104 e. The first-order valence-corrected chi connectivity index (χ1v) is 8.54. The van der Waals surface area contributed by atoms with E-state index in [0.717, 1.165) is 11.8 Å². The molecule has 2 fully saturated rings. The molecule has 0 aliphatic heterocycles. The van der Waals surface area contributed by atoms with Gasteiger partial charge < -0.3 is 0 Å². The molecule has 3 unspecified atom stereocenters. The summed E-state index contributed by atoms with van der Waals surface area (Å²) in [5.74, 6) is 3.80. The lowest BCUT2D eigenvalue weighted by Crippen LogP contribution is -2.44. The molecule has 0 aromatic heterocycles. The van der Waals surface area contributed by atoms with E-state index in [0.29, 0.717) is 5.41 Å². The fourth-order valence-corrected chi connectivity index (χ4v) is 4.38. The molecule has 2 rings (SSSR count). The standard InChI is InChI=1S/C20H33/c1-15(2)8-6-9-16(3)10-7-13-20(5)14-18-17(4)11-12-19(18)20/h8,10,18-19H,6-7,9,11-14H2,1-5H3/q+1. The van der Waals surface area contributed by atoms with Crippen LogP contribution in [-0.4, -0.2) is 0 Å². The maximum absolute atomic E-state index is 2.54. The molecule has 2 aliphatic rings. The Kier molecular flexibility index (Phi) is 5.04. The summed E-state index contributed by atoms with van der Waals surface area (Å²) in [6.45, 7) is 11.6. The summed E-state index contributed by atoms with van der Waals surface area (Å²) >= 11 is 0. The van der Waals surface area contributed by atoms with E-state index in [2.05, 4.69) is 46.8 Å². The molecule has 0 heterocycles. The van der Waals surface area contributed by atoms with Crippen molar-refractivity contribution in [3.8, 4) is 0 Å². The summed E-state index contributed by atoms with van der Waals surface area (Å²) in [4.78, 5) is 0. The summed E-state index contributed by atoms with van der Waals surface area (Å²) in [6, 6.07) is 0. The Morgan fingerprint density at radius 1 is 1.20 bits per heavy atom. The van der Waals surface area contributed by atoms with Crippen molar-refractivity contribution >= 4 is 0 Å². The first kappa shape index (κ1) is 15.7. The highest BCUT2D eigenvalue weighted by molar-refractivity contribution is 5.15. The average Bonchev–Trinajstić information content (AvgIpc) is 2.65. The van der Waals surface area contributed by atoms with Crippen LogP contribution in [0.3, 0.4) is 0 Å². The summed E-state index contributed by atoms with van der Waals surface area (Å²) in [6.07, 6.45) is 14.3. The van der Waals surface area contributed by atoms with Crippen LogP contribution in [0.15, 0.2) is 23.3 Å². The van der Waals surface area contributed by atoms with Gasteiger partial charge in [0, 0.05) is 5.92 Å². The van der Waals surface area contributed by atoms with Gasteiger partial charge in [0.15, 0.2) is 0 Å². The van der Waals surface area contributed by atoms with Crippen LogP contribution in [0.5, 0.6) is 0 Å². The molecule has 112 valence electrons. The van der Waals surface area contributed by atoms with E-state index in [4.69, 9.17) is 0 Å². The Morgan fingerprint density at radius 2 is 1.95 bits per heavy atom. The second-order valence-electron chi connectivity index (χ2n) is 7.87. The van der Waals surface area contributed by atoms with E-state index in [1.54, 1.807) is 11.5 Å². The Balaban J connectivity index is 1.72. The Morgan fingerprint density at radius 3 is 2.60 bits per heavy atom. The molecule has 0 amide bonds. The zero-order valence-electron chi connectivity index (χ0n) is 14.3. The molecule has 0 saturated heterocycles. The van der Waals surface area contributed by atoms with Crippen molar-refractivity contribution in [2.24, 2.45) is 17.3 Å². The molecule has 0 nitrogen and oxygen atoms in total. The molecule has 0 N–H and O–H groups in total. The molecule has 0 heteroatoms. The van der Waals surface area contributed by atoms with E-state index in [1.165, 1.54) is 50.5 Å². The van der Waals surface area contributed by atoms with Gasteiger partial charge in [-0.15, -0.1) is 0 Å². The van der Waals surface area contributed by atoms with E-state index >= 15 is 0 Å². The minimum Gasteiger partial charge on any atom is -0.0856 e. The summed E-state index contributed by atoms with van der Waals surface area (Å²) in [5, 5.41) is 0. The van der Waals surface area contributed by atoms with Gasteiger partial charge in [-0.2, -0.15) is 0 Å². The second kappa shape index (κ2) is 6.41. The van der Waals surface area contributed by atoms with Crippen molar-refractivity contribution in [1.82, 2.24) is 0 Å². The summed E-state index contributed by atoms with van der Waals surface area (Å²) in [5.41, 5.74) is 3.67. The lowest BCUT2D eigenvalue weighted by Gasteiger charge is -2.47. The van der Waals surface area contributed by atoms with Gasteiger partial charge in [-0.3, -0.25) is 0 Å². The van der Waals surface area contributed by atoms with E-state index in [-0.39, 0.29) is 0 Å². The SMILES string of the molecule is CC(C)=CCCC(C)=CCCC1(C)CC2[C+](C)CCC21. The quantitative estimate of drug-likeness (QED) is 0.383. The number of fused-ring (bicyclic) bond motifs is 1. The van der Waals surface area contributed by atoms with E-state index < -0.39 is 0 Å². The molecular weight excluding hydrogens is 240 g/mol. The molecule has 2 aliphatic carbocycles. The first-order chi connectivity index (χ1) is 9.42. The zero-order valence-corrected chi connectivity index (χ0v) is 14.3. The van der Waals surface area contributed by atoms with E-state index in [9.17, 15) is 0 Å². The van der Waals surface area contributed by atoms with Crippen LogP contribution in [0, 0.1) is 23.2 Å². The predicted octanol–water partition coefficient (Wildman–Crippen LogP) is 6.49. The van der Waals surface area contributed by atoms with Gasteiger partial charge in [-0.05, 0) is 64.7 Å². The highest BCUT2D eigenvalue weighted by Crippen LogP contribution is 2.63. The van der Waals surface area contributed by atoms with Crippen molar-refractivity contribution in [1.29, 1.82) is 0 Å². The average molecular weight is 273 g/mol. The molecule has 3 atom stereocenters. The van der Waals surface area contributed by atoms with Gasteiger partial charge in [0.05, 0.1) is 19.3 Å². The zero-order chi connectivity index (χ0) is 14.8. The lowest BCUT2D eigenvalue weighted by molar-refractivity contribution is -0.00354. The molecule has 0 aromatic carbocycles. The van der Waals surface area contributed by atoms with Gasteiger partial charge in [0.25, 0.3) is 0 Å². The van der Waals surface area contributed by atoms with Gasteiger partial charge in [-0.1, -0.05) is 30.2 Å². The minimum atomic E-state index is 0.652. The minimum absolute atomic E-state index is 0.652. The number of allylic oxidation sites excluding steroid dienone is 4. The fourth-order valence-electron chi connectivity index (χ4n) is 4.38.